The third-order valence-electron chi connectivity index (χ3n) is 2.81. The number of aliphatic hydroxyl groups is 1. The zero-order chi connectivity index (χ0) is 11.4. The maximum absolute atomic E-state index is 11.6. The summed E-state index contributed by atoms with van der Waals surface area (Å²) in [5.41, 5.74) is 5.12. The van der Waals surface area contributed by atoms with Crippen molar-refractivity contribution in [1.29, 1.82) is 0 Å². The van der Waals surface area contributed by atoms with Crippen LogP contribution in [0.15, 0.2) is 0 Å². The average Bonchev–Trinajstić information content (AvgIpc) is 2.49. The molecule has 15 heavy (non-hydrogen) atoms. The first-order chi connectivity index (χ1) is 7.10. The third-order valence-corrected chi connectivity index (χ3v) is 2.81. The molecule has 0 bridgehead atoms. The lowest BCUT2D eigenvalue weighted by Gasteiger charge is -2.23. The monoisotopic (exact) mass is 214 g/mol. The molecule has 5 nitrogen and oxygen atoms in total. The molecule has 1 aliphatic rings. The number of carbonyl (C=O) groups is 2. The van der Waals surface area contributed by atoms with Crippen molar-refractivity contribution < 1.29 is 14.7 Å². The van der Waals surface area contributed by atoms with Crippen molar-refractivity contribution >= 4 is 11.8 Å². The second kappa shape index (κ2) is 5.11. The van der Waals surface area contributed by atoms with Crippen LogP contribution in [-0.2, 0) is 9.59 Å². The second-order valence-corrected chi connectivity index (χ2v) is 4.01. The van der Waals surface area contributed by atoms with Gasteiger partial charge in [0.2, 0.25) is 11.8 Å². The van der Waals surface area contributed by atoms with Gasteiger partial charge in [-0.3, -0.25) is 9.59 Å². The van der Waals surface area contributed by atoms with Crippen LogP contribution in [0.3, 0.4) is 0 Å². The Hall–Kier alpha value is -1.10. The first kappa shape index (κ1) is 12.0. The molecular formula is C10H18N2O3. The van der Waals surface area contributed by atoms with Gasteiger partial charge >= 0.3 is 0 Å². The van der Waals surface area contributed by atoms with Gasteiger partial charge in [0.1, 0.15) is 6.04 Å². The van der Waals surface area contributed by atoms with Crippen molar-refractivity contribution in [2.45, 2.75) is 32.2 Å². The van der Waals surface area contributed by atoms with Crippen molar-refractivity contribution in [1.82, 2.24) is 4.90 Å². The van der Waals surface area contributed by atoms with E-state index in [9.17, 15) is 9.59 Å². The summed E-state index contributed by atoms with van der Waals surface area (Å²) in [5, 5.41) is 9.00. The summed E-state index contributed by atoms with van der Waals surface area (Å²) in [4.78, 5) is 24.0. The highest BCUT2D eigenvalue weighted by molar-refractivity contribution is 5.87. The number of rotatable bonds is 5. The van der Waals surface area contributed by atoms with Crippen LogP contribution in [0.25, 0.3) is 0 Å². The molecule has 0 spiro atoms. The van der Waals surface area contributed by atoms with E-state index in [1.807, 2.05) is 0 Å². The van der Waals surface area contributed by atoms with Gasteiger partial charge in [0.15, 0.2) is 0 Å². The lowest BCUT2D eigenvalue weighted by Crippen LogP contribution is -2.47. The summed E-state index contributed by atoms with van der Waals surface area (Å²) in [6.07, 6.45) is 2.46. The smallest absolute Gasteiger partial charge is 0.242 e. The molecule has 2 unspecified atom stereocenters. The fraction of sp³-hybridized carbons (Fsp3) is 0.800. The summed E-state index contributed by atoms with van der Waals surface area (Å²) >= 11 is 0. The number of hydrogen-bond acceptors (Lipinski definition) is 3. The van der Waals surface area contributed by atoms with Gasteiger partial charge in [-0.1, -0.05) is 13.3 Å². The van der Waals surface area contributed by atoms with Crippen molar-refractivity contribution in [3.63, 3.8) is 0 Å². The molecular weight excluding hydrogens is 196 g/mol. The minimum Gasteiger partial charge on any atom is -0.394 e. The van der Waals surface area contributed by atoms with Crippen LogP contribution in [0.5, 0.6) is 0 Å². The van der Waals surface area contributed by atoms with Crippen LogP contribution in [0.1, 0.15) is 26.2 Å². The minimum absolute atomic E-state index is 0.0775. The molecule has 1 fully saturated rings. The van der Waals surface area contributed by atoms with Crippen molar-refractivity contribution in [3.05, 3.63) is 0 Å². The van der Waals surface area contributed by atoms with Crippen LogP contribution in [0.2, 0.25) is 0 Å². The number of likely N-dealkylation sites (tertiary alicyclic amines) is 1. The standard InChI is InChI=1S/C10H18N2O3/c1-2-3-7-4-9(14)12(5-7)8(6-13)10(11)15/h7-8,13H,2-6H2,1H3,(H2,11,15). The van der Waals surface area contributed by atoms with E-state index in [2.05, 4.69) is 6.92 Å². The Morgan fingerprint density at radius 2 is 2.40 bits per heavy atom. The van der Waals surface area contributed by atoms with E-state index >= 15 is 0 Å². The number of hydrogen-bond donors (Lipinski definition) is 2. The number of amides is 2. The number of primary amides is 1. The highest BCUT2D eigenvalue weighted by atomic mass is 16.3. The van der Waals surface area contributed by atoms with Crippen LogP contribution < -0.4 is 5.73 Å². The van der Waals surface area contributed by atoms with Gasteiger partial charge in [-0.25, -0.2) is 0 Å². The predicted molar refractivity (Wildman–Crippen MR) is 54.8 cm³/mol. The minimum atomic E-state index is -0.848. The summed E-state index contributed by atoms with van der Waals surface area (Å²) in [6, 6.07) is -0.848. The molecule has 0 saturated carbocycles. The molecule has 0 aromatic heterocycles. The number of nitrogens with two attached hydrogens (primary N) is 1. The van der Waals surface area contributed by atoms with Gasteiger partial charge in [-0.15, -0.1) is 0 Å². The van der Waals surface area contributed by atoms with Crippen LogP contribution in [0.4, 0.5) is 0 Å². The molecule has 2 amide bonds. The zero-order valence-corrected chi connectivity index (χ0v) is 8.98. The van der Waals surface area contributed by atoms with Crippen molar-refractivity contribution in [2.24, 2.45) is 11.7 Å². The van der Waals surface area contributed by atoms with E-state index in [1.165, 1.54) is 4.90 Å². The van der Waals surface area contributed by atoms with E-state index in [-0.39, 0.29) is 12.5 Å². The normalized spacial score (nSPS) is 23.2. The third kappa shape index (κ3) is 2.68. The van der Waals surface area contributed by atoms with Crippen LogP contribution in [0, 0.1) is 5.92 Å². The lowest BCUT2D eigenvalue weighted by atomic mass is 10.0. The highest BCUT2D eigenvalue weighted by Gasteiger charge is 2.35. The Morgan fingerprint density at radius 3 is 2.87 bits per heavy atom. The maximum atomic E-state index is 11.6. The topological polar surface area (TPSA) is 83.6 Å². The summed E-state index contributed by atoms with van der Waals surface area (Å²) in [7, 11) is 0. The van der Waals surface area contributed by atoms with Gasteiger partial charge in [0, 0.05) is 13.0 Å². The molecule has 5 heteroatoms. The molecule has 1 aliphatic heterocycles. The van der Waals surface area contributed by atoms with E-state index in [1.54, 1.807) is 0 Å². The lowest BCUT2D eigenvalue weighted by molar-refractivity contribution is -0.137. The van der Waals surface area contributed by atoms with E-state index < -0.39 is 11.9 Å². The fourth-order valence-electron chi connectivity index (χ4n) is 2.05. The number of carbonyl (C=O) groups excluding carboxylic acids is 2. The zero-order valence-electron chi connectivity index (χ0n) is 8.98. The Kier molecular flexibility index (Phi) is 4.08. The molecule has 0 aliphatic carbocycles. The van der Waals surface area contributed by atoms with Crippen molar-refractivity contribution in [3.8, 4) is 0 Å². The van der Waals surface area contributed by atoms with E-state index in [0.29, 0.717) is 18.9 Å². The Bertz CT molecular complexity index is 255. The van der Waals surface area contributed by atoms with Gasteiger partial charge in [0.25, 0.3) is 0 Å². The molecule has 2 atom stereocenters. The predicted octanol–water partition coefficient (Wildman–Crippen LogP) is -0.519. The summed E-state index contributed by atoms with van der Waals surface area (Å²) < 4.78 is 0. The Morgan fingerprint density at radius 1 is 1.73 bits per heavy atom. The van der Waals surface area contributed by atoms with Gasteiger partial charge in [-0.2, -0.15) is 0 Å². The summed E-state index contributed by atoms with van der Waals surface area (Å²) in [5.74, 6) is -0.412. The molecule has 3 N–H and O–H groups in total. The van der Waals surface area contributed by atoms with Crippen molar-refractivity contribution in [2.75, 3.05) is 13.2 Å². The molecule has 86 valence electrons. The second-order valence-electron chi connectivity index (χ2n) is 4.01. The Balaban J connectivity index is 2.63. The quantitative estimate of drug-likeness (QED) is 0.646. The van der Waals surface area contributed by atoms with Crippen LogP contribution in [-0.4, -0.2) is 41.0 Å². The largest absolute Gasteiger partial charge is 0.394 e. The molecule has 1 rings (SSSR count). The van der Waals surface area contributed by atoms with Gasteiger partial charge in [-0.05, 0) is 12.3 Å². The first-order valence-electron chi connectivity index (χ1n) is 5.29. The molecule has 1 heterocycles. The average molecular weight is 214 g/mol. The highest BCUT2D eigenvalue weighted by Crippen LogP contribution is 2.23. The fourth-order valence-corrected chi connectivity index (χ4v) is 2.05. The van der Waals surface area contributed by atoms with E-state index in [4.69, 9.17) is 10.8 Å². The van der Waals surface area contributed by atoms with E-state index in [0.717, 1.165) is 12.8 Å². The maximum Gasteiger partial charge on any atom is 0.242 e. The number of aliphatic hydroxyl groups excluding tert-OH is 1. The Labute approximate surface area is 89.2 Å². The summed E-state index contributed by atoms with van der Waals surface area (Å²) in [6.45, 7) is 2.21. The van der Waals surface area contributed by atoms with Crippen LogP contribution >= 0.6 is 0 Å². The molecule has 0 aromatic carbocycles. The SMILES string of the molecule is CCCC1CC(=O)N(C(CO)C(N)=O)C1. The molecule has 0 aromatic rings. The van der Waals surface area contributed by atoms with Gasteiger partial charge in [0.05, 0.1) is 6.61 Å². The first-order valence-corrected chi connectivity index (χ1v) is 5.29. The number of nitrogens with zero attached hydrogens (tertiary/aromatic N) is 1. The molecule has 1 saturated heterocycles. The van der Waals surface area contributed by atoms with Gasteiger partial charge < -0.3 is 15.7 Å². The molecule has 0 radical (unpaired) electrons.